The molecule has 136 valence electrons. The first-order valence-corrected chi connectivity index (χ1v) is 8.25. The van der Waals surface area contributed by atoms with Crippen LogP contribution in [0.1, 0.15) is 17.5 Å². The highest BCUT2D eigenvalue weighted by Crippen LogP contribution is 2.30. The summed E-state index contributed by atoms with van der Waals surface area (Å²) in [4.78, 5) is 25.7. The summed E-state index contributed by atoms with van der Waals surface area (Å²) in [5.74, 6) is -0.372. The van der Waals surface area contributed by atoms with Gasteiger partial charge in [-0.25, -0.2) is 0 Å². The molecule has 2 aliphatic rings. The number of halogens is 3. The Labute approximate surface area is 143 Å². The molecular formula is C17H20F3N3O2. The van der Waals surface area contributed by atoms with E-state index in [2.05, 4.69) is 10.6 Å². The van der Waals surface area contributed by atoms with Gasteiger partial charge in [-0.1, -0.05) is 12.1 Å². The van der Waals surface area contributed by atoms with Gasteiger partial charge in [-0.05, 0) is 17.7 Å². The molecule has 0 bridgehead atoms. The maximum Gasteiger partial charge on any atom is 0.416 e. The fourth-order valence-electron chi connectivity index (χ4n) is 3.05. The molecule has 3 rings (SSSR count). The van der Waals surface area contributed by atoms with Gasteiger partial charge in [-0.15, -0.1) is 0 Å². The van der Waals surface area contributed by atoms with E-state index in [0.717, 1.165) is 25.2 Å². The van der Waals surface area contributed by atoms with Gasteiger partial charge in [-0.2, -0.15) is 13.2 Å². The Hall–Kier alpha value is -2.09. The van der Waals surface area contributed by atoms with Gasteiger partial charge in [0.2, 0.25) is 11.8 Å². The lowest BCUT2D eigenvalue weighted by molar-refractivity contribution is -0.137. The predicted molar refractivity (Wildman–Crippen MR) is 84.3 cm³/mol. The van der Waals surface area contributed by atoms with Crippen molar-refractivity contribution in [3.05, 3.63) is 35.4 Å². The number of nitrogens with zero attached hydrogens (tertiary/aromatic N) is 1. The molecule has 1 aromatic carbocycles. The van der Waals surface area contributed by atoms with E-state index in [9.17, 15) is 22.8 Å². The highest BCUT2D eigenvalue weighted by molar-refractivity contribution is 5.89. The lowest BCUT2D eigenvalue weighted by Crippen LogP contribution is -2.49. The molecular weight excluding hydrogens is 335 g/mol. The number of carbonyl (C=O) groups is 2. The zero-order valence-corrected chi connectivity index (χ0v) is 13.6. The standard InChI is InChI=1S/C17H20F3N3O2/c18-17(19,20)14-3-1-2-11(4-14)9-23-10-13(5-15(23)24)16(25)22-8-12-6-21-7-12/h1-4,12-13,21H,5-10H2,(H,22,25). The van der Waals surface area contributed by atoms with Gasteiger partial charge in [0, 0.05) is 45.1 Å². The fourth-order valence-corrected chi connectivity index (χ4v) is 3.05. The largest absolute Gasteiger partial charge is 0.416 e. The second-order valence-electron chi connectivity index (χ2n) is 6.64. The van der Waals surface area contributed by atoms with Crippen molar-refractivity contribution in [1.29, 1.82) is 0 Å². The van der Waals surface area contributed by atoms with Crippen molar-refractivity contribution < 1.29 is 22.8 Å². The van der Waals surface area contributed by atoms with Gasteiger partial charge in [0.25, 0.3) is 0 Å². The molecule has 2 fully saturated rings. The van der Waals surface area contributed by atoms with Crippen molar-refractivity contribution in [2.75, 3.05) is 26.2 Å². The van der Waals surface area contributed by atoms with Crippen LogP contribution >= 0.6 is 0 Å². The van der Waals surface area contributed by atoms with Crippen LogP contribution in [-0.2, 0) is 22.3 Å². The highest BCUT2D eigenvalue weighted by Gasteiger charge is 2.35. The smallest absolute Gasteiger partial charge is 0.355 e. The minimum Gasteiger partial charge on any atom is -0.355 e. The van der Waals surface area contributed by atoms with Crippen LogP contribution in [-0.4, -0.2) is 42.9 Å². The van der Waals surface area contributed by atoms with Crippen molar-refractivity contribution in [2.45, 2.75) is 19.1 Å². The highest BCUT2D eigenvalue weighted by atomic mass is 19.4. The van der Waals surface area contributed by atoms with Crippen LogP contribution in [0.2, 0.25) is 0 Å². The third-order valence-electron chi connectivity index (χ3n) is 4.64. The van der Waals surface area contributed by atoms with Crippen molar-refractivity contribution in [1.82, 2.24) is 15.5 Å². The molecule has 2 saturated heterocycles. The average molecular weight is 355 g/mol. The van der Waals surface area contributed by atoms with Gasteiger partial charge in [0.05, 0.1) is 11.5 Å². The summed E-state index contributed by atoms with van der Waals surface area (Å²) < 4.78 is 38.3. The van der Waals surface area contributed by atoms with Crippen molar-refractivity contribution in [3.63, 3.8) is 0 Å². The van der Waals surface area contributed by atoms with Gasteiger partial charge >= 0.3 is 6.18 Å². The quantitative estimate of drug-likeness (QED) is 0.839. The van der Waals surface area contributed by atoms with Gasteiger partial charge in [0.1, 0.15) is 0 Å². The number of amides is 2. The summed E-state index contributed by atoms with van der Waals surface area (Å²) in [5.41, 5.74) is -0.329. The van der Waals surface area contributed by atoms with E-state index >= 15 is 0 Å². The minimum atomic E-state index is -4.41. The topological polar surface area (TPSA) is 61.4 Å². The first-order valence-electron chi connectivity index (χ1n) is 8.25. The van der Waals surface area contributed by atoms with E-state index in [1.807, 2.05) is 0 Å². The Bertz CT molecular complexity index is 659. The van der Waals surface area contributed by atoms with Crippen molar-refractivity contribution >= 4 is 11.8 Å². The molecule has 2 aliphatic heterocycles. The zero-order chi connectivity index (χ0) is 18.0. The Morgan fingerprint density at radius 2 is 2.08 bits per heavy atom. The van der Waals surface area contributed by atoms with Crippen LogP contribution < -0.4 is 10.6 Å². The average Bonchev–Trinajstić information content (AvgIpc) is 2.86. The molecule has 0 saturated carbocycles. The lowest BCUT2D eigenvalue weighted by atomic mass is 10.0. The molecule has 8 heteroatoms. The number of hydrogen-bond acceptors (Lipinski definition) is 3. The van der Waals surface area contributed by atoms with Gasteiger partial charge < -0.3 is 15.5 Å². The summed E-state index contributed by atoms with van der Waals surface area (Å²) >= 11 is 0. The molecule has 1 aromatic rings. The minimum absolute atomic E-state index is 0.0824. The number of carbonyl (C=O) groups excluding carboxylic acids is 2. The number of rotatable bonds is 5. The summed E-state index contributed by atoms with van der Waals surface area (Å²) in [5, 5.41) is 5.97. The number of nitrogens with one attached hydrogen (secondary N) is 2. The molecule has 0 spiro atoms. The Morgan fingerprint density at radius 3 is 2.72 bits per heavy atom. The van der Waals surface area contributed by atoms with Crippen molar-refractivity contribution in [3.8, 4) is 0 Å². The van der Waals surface area contributed by atoms with Crippen LogP contribution in [0, 0.1) is 11.8 Å². The molecule has 5 nitrogen and oxygen atoms in total. The zero-order valence-electron chi connectivity index (χ0n) is 13.6. The summed E-state index contributed by atoms with van der Waals surface area (Å²) in [7, 11) is 0. The predicted octanol–water partition coefficient (Wildman–Crippen LogP) is 1.39. The third-order valence-corrected chi connectivity index (χ3v) is 4.64. The van der Waals surface area contributed by atoms with E-state index in [0.29, 0.717) is 18.0 Å². The lowest BCUT2D eigenvalue weighted by Gasteiger charge is -2.27. The molecule has 0 aliphatic carbocycles. The SMILES string of the molecule is O=C(NCC1CNC1)C1CC(=O)N(Cc2cccc(C(F)(F)F)c2)C1. The first kappa shape index (κ1) is 17.7. The molecule has 25 heavy (non-hydrogen) atoms. The van der Waals surface area contributed by atoms with Gasteiger partial charge in [-0.3, -0.25) is 9.59 Å². The van der Waals surface area contributed by atoms with Crippen LogP contribution in [0.4, 0.5) is 13.2 Å². The summed E-state index contributed by atoms with van der Waals surface area (Å²) in [6.07, 6.45) is -4.31. The molecule has 0 radical (unpaired) electrons. The Balaban J connectivity index is 1.56. The number of hydrogen-bond donors (Lipinski definition) is 2. The maximum atomic E-state index is 12.8. The molecule has 2 N–H and O–H groups in total. The molecule has 2 amide bonds. The van der Waals surface area contributed by atoms with E-state index < -0.39 is 17.7 Å². The van der Waals surface area contributed by atoms with Gasteiger partial charge in [0.15, 0.2) is 0 Å². The monoisotopic (exact) mass is 355 g/mol. The van der Waals surface area contributed by atoms with Crippen LogP contribution in [0.5, 0.6) is 0 Å². The number of alkyl halides is 3. The molecule has 2 heterocycles. The van der Waals surface area contributed by atoms with E-state index in [1.165, 1.54) is 11.0 Å². The normalized spacial score (nSPS) is 21.3. The fraction of sp³-hybridized carbons (Fsp3) is 0.529. The number of benzene rings is 1. The molecule has 1 atom stereocenters. The Kier molecular flexibility index (Phi) is 4.99. The first-order chi connectivity index (χ1) is 11.8. The third kappa shape index (κ3) is 4.31. The summed E-state index contributed by atoms with van der Waals surface area (Å²) in [6.45, 7) is 2.67. The van der Waals surface area contributed by atoms with E-state index in [1.54, 1.807) is 6.07 Å². The molecule has 0 aromatic heterocycles. The van der Waals surface area contributed by atoms with E-state index in [4.69, 9.17) is 0 Å². The summed E-state index contributed by atoms with van der Waals surface area (Å²) in [6, 6.07) is 4.93. The van der Waals surface area contributed by atoms with Crippen LogP contribution in [0.25, 0.3) is 0 Å². The van der Waals surface area contributed by atoms with Crippen LogP contribution in [0.3, 0.4) is 0 Å². The van der Waals surface area contributed by atoms with E-state index in [-0.39, 0.29) is 31.3 Å². The molecule has 1 unspecified atom stereocenters. The Morgan fingerprint density at radius 1 is 1.32 bits per heavy atom. The van der Waals surface area contributed by atoms with Crippen LogP contribution in [0.15, 0.2) is 24.3 Å². The van der Waals surface area contributed by atoms with Crippen molar-refractivity contribution in [2.24, 2.45) is 11.8 Å². The number of likely N-dealkylation sites (tertiary alicyclic amines) is 1. The second-order valence-corrected chi connectivity index (χ2v) is 6.64. The maximum absolute atomic E-state index is 12.8. The second kappa shape index (κ2) is 7.03.